The molecule has 10 nitrogen and oxygen atoms in total. The molecule has 1 saturated heterocycles. The number of allylic oxidation sites excluding steroid dienone is 2. The van der Waals surface area contributed by atoms with Crippen LogP contribution in [0.3, 0.4) is 0 Å². The van der Waals surface area contributed by atoms with E-state index in [4.69, 9.17) is 0 Å². The Morgan fingerprint density at radius 2 is 2.00 bits per heavy atom. The van der Waals surface area contributed by atoms with Crippen molar-refractivity contribution in [2.45, 2.75) is 38.4 Å². The molecule has 4 heterocycles. The number of aryl methyl sites for hydroxylation is 2. The molecule has 0 saturated carbocycles. The smallest absolute Gasteiger partial charge is 0.387 e. The molecule has 3 aliphatic rings. The Labute approximate surface area is 183 Å². The van der Waals surface area contributed by atoms with Crippen molar-refractivity contribution in [3.05, 3.63) is 40.9 Å². The van der Waals surface area contributed by atoms with E-state index in [1.54, 1.807) is 26.0 Å². The molecule has 1 unspecified atom stereocenters. The van der Waals surface area contributed by atoms with E-state index in [1.165, 1.54) is 12.2 Å². The van der Waals surface area contributed by atoms with E-state index in [-0.39, 0.29) is 22.9 Å². The molecule has 0 spiro atoms. The van der Waals surface area contributed by atoms with Gasteiger partial charge in [0.15, 0.2) is 0 Å². The van der Waals surface area contributed by atoms with E-state index >= 15 is 7.77 Å². The van der Waals surface area contributed by atoms with Crippen molar-refractivity contribution >= 4 is 50.9 Å². The van der Waals surface area contributed by atoms with Gasteiger partial charge in [-0.3, -0.25) is 9.59 Å². The van der Waals surface area contributed by atoms with Gasteiger partial charge in [0.2, 0.25) is 11.4 Å². The van der Waals surface area contributed by atoms with Gasteiger partial charge in [-0.25, -0.2) is 17.2 Å². The van der Waals surface area contributed by atoms with E-state index in [0.717, 1.165) is 7.95 Å². The zero-order chi connectivity index (χ0) is 23.6. The largest absolute Gasteiger partial charge is 0.747 e. The van der Waals surface area contributed by atoms with E-state index < -0.39 is 57.2 Å². The third kappa shape index (κ3) is 3.47. The van der Waals surface area contributed by atoms with Crippen molar-refractivity contribution in [3.8, 4) is 0 Å². The topological polar surface area (TPSA) is 129 Å². The molecule has 2 amide bonds. The van der Waals surface area contributed by atoms with Crippen LogP contribution in [0.4, 0.5) is 7.77 Å². The molecule has 172 valence electrons. The average molecular weight is 489 g/mol. The fourth-order valence-corrected chi connectivity index (χ4v) is 6.29. The summed E-state index contributed by atoms with van der Waals surface area (Å²) in [6.45, 7) is 3.32. The van der Waals surface area contributed by atoms with Crippen LogP contribution in [0.1, 0.15) is 36.2 Å². The van der Waals surface area contributed by atoms with Crippen molar-refractivity contribution in [3.63, 3.8) is 0 Å². The molecule has 1 fully saturated rings. The minimum atomic E-state index is -5.09. The average Bonchev–Trinajstić information content (AvgIpc) is 3.30. The van der Waals surface area contributed by atoms with Crippen LogP contribution in [0, 0.1) is 13.8 Å². The lowest BCUT2D eigenvalue weighted by Crippen LogP contribution is -2.36. The van der Waals surface area contributed by atoms with Crippen LogP contribution in [-0.2, 0) is 29.3 Å². The van der Waals surface area contributed by atoms with E-state index in [0.29, 0.717) is 17.0 Å². The Morgan fingerprint density at radius 1 is 1.31 bits per heavy atom. The third-order valence-corrected chi connectivity index (χ3v) is 8.10. The number of hydroxylamine groups is 2. The maximum atomic E-state index is 15.4. The molecule has 1 atom stereocenters. The molecule has 1 aromatic heterocycles. The number of rotatable bonds is 5. The standard InChI is InChI=1S/C18H17F2N3O7S2/c1-10-7-11(2)22-14(10)8-13-4-3-12(23(13)32(22,19)20)5-6-17(25)30-21-16(24)9-15(18(21)26)31(27,28)29/h3-4,7-8,15H,5-6,9H2,1-2H3. The fourth-order valence-electron chi connectivity index (χ4n) is 3.81. The lowest BCUT2D eigenvalue weighted by molar-refractivity contribution is -0.302. The highest BCUT2D eigenvalue weighted by atomic mass is 32.3. The number of amides is 2. The molecule has 0 aromatic carbocycles. The minimum absolute atomic E-state index is 0.0537. The van der Waals surface area contributed by atoms with Gasteiger partial charge in [0, 0.05) is 30.3 Å². The van der Waals surface area contributed by atoms with Gasteiger partial charge in [0.25, 0.3) is 11.8 Å². The maximum absolute atomic E-state index is 15.4. The SMILES string of the molecule is Cc1cc(C)n2c1C=C1C=CC(CCC(=O)ON3C(=O)CC(S(=O)(=O)[O-])C3=O)=[N+]1S2(F)F. The van der Waals surface area contributed by atoms with Crippen LogP contribution >= 0.6 is 11.2 Å². The number of hydrogen-bond acceptors (Lipinski definition) is 7. The summed E-state index contributed by atoms with van der Waals surface area (Å²) in [6.07, 6.45) is 2.99. The lowest BCUT2D eigenvalue weighted by atomic mass is 10.2. The number of hydrogen-bond donors (Lipinski definition) is 0. The normalized spacial score (nSPS) is 22.7. The van der Waals surface area contributed by atoms with Crippen molar-refractivity contribution < 1.29 is 43.9 Å². The Morgan fingerprint density at radius 3 is 2.62 bits per heavy atom. The second-order valence-corrected chi connectivity index (χ2v) is 10.5. The summed E-state index contributed by atoms with van der Waals surface area (Å²) in [5.74, 6) is -3.71. The summed E-state index contributed by atoms with van der Waals surface area (Å²) in [4.78, 5) is 40.4. The molecule has 0 aliphatic carbocycles. The predicted octanol–water partition coefficient (Wildman–Crippen LogP) is 1.65. The summed E-state index contributed by atoms with van der Waals surface area (Å²) >= 11 is -4.48. The van der Waals surface area contributed by atoms with Crippen molar-refractivity contribution in [1.82, 2.24) is 9.04 Å². The Kier molecular flexibility index (Phi) is 5.14. The zero-order valence-corrected chi connectivity index (χ0v) is 18.4. The van der Waals surface area contributed by atoms with Crippen LogP contribution in [0.15, 0.2) is 23.9 Å². The summed E-state index contributed by atoms with van der Waals surface area (Å²) in [7, 11) is -5.09. The Hall–Kier alpha value is -2.84. The number of carbonyl (C=O) groups is 3. The summed E-state index contributed by atoms with van der Waals surface area (Å²) in [5, 5.41) is -2.21. The van der Waals surface area contributed by atoms with Gasteiger partial charge in [0.05, 0.1) is 18.5 Å². The summed E-state index contributed by atoms with van der Waals surface area (Å²) < 4.78 is 65.7. The van der Waals surface area contributed by atoms with Gasteiger partial charge in [-0.1, -0.05) is 11.8 Å². The minimum Gasteiger partial charge on any atom is -0.747 e. The molecular weight excluding hydrogens is 472 g/mol. The summed E-state index contributed by atoms with van der Waals surface area (Å²) in [5.41, 5.74) is 1.94. The van der Waals surface area contributed by atoms with Crippen molar-refractivity contribution in [1.29, 1.82) is 0 Å². The molecule has 1 aromatic rings. The Bertz CT molecular complexity index is 1280. The highest BCUT2D eigenvalue weighted by Crippen LogP contribution is 2.60. The predicted molar refractivity (Wildman–Crippen MR) is 107 cm³/mol. The van der Waals surface area contributed by atoms with Gasteiger partial charge in [-0.15, -0.1) is 5.06 Å². The molecule has 14 heteroatoms. The maximum Gasteiger partial charge on any atom is 0.387 e. The van der Waals surface area contributed by atoms with Gasteiger partial charge >= 0.3 is 17.1 Å². The first-order chi connectivity index (χ1) is 14.8. The molecule has 0 radical (unpaired) electrons. The number of imide groups is 1. The van der Waals surface area contributed by atoms with Gasteiger partial charge in [-0.05, 0) is 25.5 Å². The van der Waals surface area contributed by atoms with Crippen molar-refractivity contribution in [2.75, 3.05) is 0 Å². The molecular formula is C18H17F2N3O7S2. The van der Waals surface area contributed by atoms with Crippen LogP contribution in [-0.4, -0.2) is 54.7 Å². The molecule has 4 rings (SSSR count). The van der Waals surface area contributed by atoms with Crippen LogP contribution in [0.5, 0.6) is 0 Å². The zero-order valence-electron chi connectivity index (χ0n) is 16.8. The monoisotopic (exact) mass is 489 g/mol. The number of nitrogens with zero attached hydrogens (tertiary/aromatic N) is 3. The van der Waals surface area contributed by atoms with Gasteiger partial charge < -0.3 is 9.39 Å². The Balaban J connectivity index is 1.50. The van der Waals surface area contributed by atoms with Crippen LogP contribution in [0.2, 0.25) is 0 Å². The number of halogens is 2. The lowest BCUT2D eigenvalue weighted by Gasteiger charge is -2.25. The highest BCUT2D eigenvalue weighted by molar-refractivity contribution is 8.18. The van der Waals surface area contributed by atoms with Crippen LogP contribution < -0.4 is 0 Å². The number of carbonyl (C=O) groups excluding carboxylic acids is 3. The van der Waals surface area contributed by atoms with E-state index in [9.17, 15) is 27.4 Å². The first-order valence-electron chi connectivity index (χ1n) is 9.32. The highest BCUT2D eigenvalue weighted by Gasteiger charge is 2.50. The number of aromatic nitrogens is 1. The molecule has 0 bridgehead atoms. The quantitative estimate of drug-likeness (QED) is 0.349. The summed E-state index contributed by atoms with van der Waals surface area (Å²) in [6, 6.07) is 1.66. The van der Waals surface area contributed by atoms with Gasteiger partial charge in [0.1, 0.15) is 15.4 Å². The third-order valence-electron chi connectivity index (χ3n) is 5.22. The van der Waals surface area contributed by atoms with E-state index in [1.807, 2.05) is 0 Å². The first kappa shape index (κ1) is 22.4. The molecule has 32 heavy (non-hydrogen) atoms. The molecule has 3 aliphatic heterocycles. The number of fused-ring (bicyclic) bond motifs is 2. The van der Waals surface area contributed by atoms with Gasteiger partial charge in [-0.2, -0.15) is 0 Å². The second-order valence-electron chi connectivity index (χ2n) is 7.43. The van der Waals surface area contributed by atoms with Crippen molar-refractivity contribution in [2.24, 2.45) is 0 Å². The fraction of sp³-hybridized carbons (Fsp3) is 0.333. The second kappa shape index (κ2) is 7.35. The first-order valence-corrected chi connectivity index (χ1v) is 12.1. The van der Waals surface area contributed by atoms with E-state index in [2.05, 4.69) is 4.84 Å². The van der Waals surface area contributed by atoms with Crippen LogP contribution in [0.25, 0.3) is 6.08 Å². The molecule has 0 N–H and O–H groups in total.